The van der Waals surface area contributed by atoms with Crippen LogP contribution in [0.2, 0.25) is 0 Å². The van der Waals surface area contributed by atoms with Gasteiger partial charge in [-0.3, -0.25) is 4.79 Å². The van der Waals surface area contributed by atoms with Gasteiger partial charge in [-0.15, -0.1) is 0 Å². The molecule has 1 heterocycles. The SMILES string of the molecule is N#CCc1cccc(NC(=O)c2ccc(Br)o2)c1. The summed E-state index contributed by atoms with van der Waals surface area (Å²) in [6, 6.07) is 12.4. The van der Waals surface area contributed by atoms with Gasteiger partial charge in [-0.2, -0.15) is 5.26 Å². The molecule has 1 aromatic carbocycles. The first-order valence-electron chi connectivity index (χ1n) is 5.21. The minimum Gasteiger partial charge on any atom is -0.444 e. The molecule has 2 aromatic rings. The van der Waals surface area contributed by atoms with Crippen LogP contribution < -0.4 is 5.32 Å². The molecular weight excluding hydrogens is 296 g/mol. The number of nitriles is 1. The smallest absolute Gasteiger partial charge is 0.291 e. The Morgan fingerprint density at radius 2 is 2.22 bits per heavy atom. The van der Waals surface area contributed by atoms with Crippen molar-refractivity contribution in [3.8, 4) is 6.07 Å². The predicted octanol–water partition coefficient (Wildman–Crippen LogP) is 3.36. The molecule has 0 unspecified atom stereocenters. The van der Waals surface area contributed by atoms with Gasteiger partial charge in [0.25, 0.3) is 5.91 Å². The predicted molar refractivity (Wildman–Crippen MR) is 70.1 cm³/mol. The number of halogens is 1. The van der Waals surface area contributed by atoms with Crippen molar-refractivity contribution in [1.29, 1.82) is 5.26 Å². The summed E-state index contributed by atoms with van der Waals surface area (Å²) in [7, 11) is 0. The highest BCUT2D eigenvalue weighted by Gasteiger charge is 2.10. The van der Waals surface area contributed by atoms with Gasteiger partial charge in [-0.1, -0.05) is 12.1 Å². The maximum atomic E-state index is 11.8. The van der Waals surface area contributed by atoms with Crippen LogP contribution in [0.25, 0.3) is 0 Å². The van der Waals surface area contributed by atoms with Crippen LogP contribution >= 0.6 is 15.9 Å². The monoisotopic (exact) mass is 304 g/mol. The molecule has 1 aromatic heterocycles. The molecule has 5 heteroatoms. The molecule has 18 heavy (non-hydrogen) atoms. The highest BCUT2D eigenvalue weighted by molar-refractivity contribution is 9.10. The largest absolute Gasteiger partial charge is 0.444 e. The van der Waals surface area contributed by atoms with E-state index in [-0.39, 0.29) is 11.7 Å². The number of benzene rings is 1. The van der Waals surface area contributed by atoms with E-state index < -0.39 is 0 Å². The Balaban J connectivity index is 2.12. The molecule has 90 valence electrons. The average Bonchev–Trinajstić information content (AvgIpc) is 2.77. The molecule has 0 fully saturated rings. The third kappa shape index (κ3) is 2.99. The standard InChI is InChI=1S/C13H9BrN2O2/c14-12-5-4-11(18-12)13(17)16-10-3-1-2-9(8-10)6-7-15/h1-5,8H,6H2,(H,16,17). The summed E-state index contributed by atoms with van der Waals surface area (Å²) in [5, 5.41) is 11.3. The Morgan fingerprint density at radius 1 is 1.39 bits per heavy atom. The number of rotatable bonds is 3. The zero-order chi connectivity index (χ0) is 13.0. The summed E-state index contributed by atoms with van der Waals surface area (Å²) in [5.74, 6) is -0.0950. The molecular formula is C13H9BrN2O2. The Labute approximate surface area is 112 Å². The third-order valence-corrected chi connectivity index (χ3v) is 2.69. The van der Waals surface area contributed by atoms with Crippen LogP contribution in [-0.2, 0) is 6.42 Å². The van der Waals surface area contributed by atoms with Gasteiger partial charge in [0.2, 0.25) is 0 Å². The lowest BCUT2D eigenvalue weighted by Crippen LogP contribution is -2.10. The van der Waals surface area contributed by atoms with Crippen molar-refractivity contribution in [2.45, 2.75) is 6.42 Å². The lowest BCUT2D eigenvalue weighted by atomic mass is 10.1. The number of hydrogen-bond acceptors (Lipinski definition) is 3. The lowest BCUT2D eigenvalue weighted by molar-refractivity contribution is 0.0995. The van der Waals surface area contributed by atoms with E-state index in [1.165, 1.54) is 0 Å². The van der Waals surface area contributed by atoms with Crippen molar-refractivity contribution in [3.05, 3.63) is 52.4 Å². The van der Waals surface area contributed by atoms with Crippen molar-refractivity contribution < 1.29 is 9.21 Å². The quantitative estimate of drug-likeness (QED) is 0.945. The second-order valence-electron chi connectivity index (χ2n) is 3.59. The molecule has 0 spiro atoms. The van der Waals surface area contributed by atoms with E-state index in [2.05, 4.69) is 27.3 Å². The molecule has 0 aliphatic heterocycles. The van der Waals surface area contributed by atoms with Crippen LogP contribution in [0.5, 0.6) is 0 Å². The van der Waals surface area contributed by atoms with E-state index in [0.717, 1.165) is 5.56 Å². The van der Waals surface area contributed by atoms with Gasteiger partial charge in [0, 0.05) is 5.69 Å². The van der Waals surface area contributed by atoms with Crippen LogP contribution in [0.15, 0.2) is 45.5 Å². The zero-order valence-corrected chi connectivity index (χ0v) is 10.9. The van der Waals surface area contributed by atoms with E-state index >= 15 is 0 Å². The number of nitrogens with zero attached hydrogens (tertiary/aromatic N) is 1. The normalized spacial score (nSPS) is 9.78. The Morgan fingerprint density at radius 3 is 2.89 bits per heavy atom. The van der Waals surface area contributed by atoms with Crippen molar-refractivity contribution in [1.82, 2.24) is 0 Å². The first kappa shape index (κ1) is 12.4. The molecule has 0 aliphatic rings. The lowest BCUT2D eigenvalue weighted by Gasteiger charge is -2.04. The topological polar surface area (TPSA) is 66.0 Å². The van der Waals surface area contributed by atoms with Crippen LogP contribution in [0.3, 0.4) is 0 Å². The molecule has 0 radical (unpaired) electrons. The molecule has 0 saturated carbocycles. The summed E-state index contributed by atoms with van der Waals surface area (Å²) < 4.78 is 5.65. The summed E-state index contributed by atoms with van der Waals surface area (Å²) in [6.07, 6.45) is 0.315. The van der Waals surface area contributed by atoms with E-state index in [1.807, 2.05) is 6.07 Å². The number of carbonyl (C=O) groups excluding carboxylic acids is 1. The number of furan rings is 1. The minimum absolute atomic E-state index is 0.229. The van der Waals surface area contributed by atoms with E-state index in [9.17, 15) is 4.79 Å². The summed E-state index contributed by atoms with van der Waals surface area (Å²) in [6.45, 7) is 0. The first-order valence-corrected chi connectivity index (χ1v) is 6.01. The first-order chi connectivity index (χ1) is 8.69. The van der Waals surface area contributed by atoms with Crippen molar-refractivity contribution in [2.75, 3.05) is 5.32 Å². The van der Waals surface area contributed by atoms with Gasteiger partial charge in [0.15, 0.2) is 10.4 Å². The van der Waals surface area contributed by atoms with E-state index in [0.29, 0.717) is 16.8 Å². The van der Waals surface area contributed by atoms with E-state index in [4.69, 9.17) is 9.68 Å². The van der Waals surface area contributed by atoms with Crippen LogP contribution in [0.4, 0.5) is 5.69 Å². The maximum absolute atomic E-state index is 11.8. The molecule has 1 amide bonds. The number of amides is 1. The molecule has 1 N–H and O–H groups in total. The van der Waals surface area contributed by atoms with Crippen LogP contribution in [0.1, 0.15) is 16.1 Å². The van der Waals surface area contributed by atoms with Gasteiger partial charge in [0.05, 0.1) is 12.5 Å². The summed E-state index contributed by atoms with van der Waals surface area (Å²) in [5.41, 5.74) is 1.50. The Bertz CT molecular complexity index is 613. The third-order valence-electron chi connectivity index (χ3n) is 2.27. The second kappa shape index (κ2) is 5.52. The number of anilines is 1. The molecule has 0 aliphatic carbocycles. The fourth-order valence-corrected chi connectivity index (χ4v) is 1.79. The summed E-state index contributed by atoms with van der Waals surface area (Å²) in [4.78, 5) is 11.8. The van der Waals surface area contributed by atoms with Gasteiger partial charge in [0.1, 0.15) is 0 Å². The molecule has 4 nitrogen and oxygen atoms in total. The van der Waals surface area contributed by atoms with Gasteiger partial charge >= 0.3 is 0 Å². The van der Waals surface area contributed by atoms with Crippen molar-refractivity contribution in [3.63, 3.8) is 0 Å². The summed E-state index contributed by atoms with van der Waals surface area (Å²) >= 11 is 3.14. The van der Waals surface area contributed by atoms with Gasteiger partial charge in [-0.25, -0.2) is 0 Å². The average molecular weight is 305 g/mol. The van der Waals surface area contributed by atoms with Crippen LogP contribution in [0, 0.1) is 11.3 Å². The molecule has 2 rings (SSSR count). The molecule has 0 atom stereocenters. The van der Waals surface area contributed by atoms with E-state index in [1.54, 1.807) is 30.3 Å². The maximum Gasteiger partial charge on any atom is 0.291 e. The minimum atomic E-state index is -0.324. The highest BCUT2D eigenvalue weighted by atomic mass is 79.9. The number of nitrogens with one attached hydrogen (secondary N) is 1. The number of hydrogen-bond donors (Lipinski definition) is 1. The highest BCUT2D eigenvalue weighted by Crippen LogP contribution is 2.16. The molecule has 0 saturated heterocycles. The fourth-order valence-electron chi connectivity index (χ4n) is 1.48. The van der Waals surface area contributed by atoms with Crippen molar-refractivity contribution in [2.24, 2.45) is 0 Å². The fraction of sp³-hybridized carbons (Fsp3) is 0.0769. The second-order valence-corrected chi connectivity index (χ2v) is 4.37. The van der Waals surface area contributed by atoms with Crippen LogP contribution in [-0.4, -0.2) is 5.91 Å². The van der Waals surface area contributed by atoms with Crippen molar-refractivity contribution >= 4 is 27.5 Å². The Hall–Kier alpha value is -2.06. The van der Waals surface area contributed by atoms with Gasteiger partial charge < -0.3 is 9.73 Å². The molecule has 0 bridgehead atoms. The number of carbonyl (C=O) groups is 1. The Kier molecular flexibility index (Phi) is 3.80. The zero-order valence-electron chi connectivity index (χ0n) is 9.31. The van der Waals surface area contributed by atoms with Gasteiger partial charge in [-0.05, 0) is 45.8 Å².